The van der Waals surface area contributed by atoms with Crippen molar-refractivity contribution in [2.75, 3.05) is 13.1 Å². The van der Waals surface area contributed by atoms with Crippen molar-refractivity contribution in [1.29, 1.82) is 0 Å². The Balaban J connectivity index is 1.44. The molecule has 1 atom stereocenters. The Morgan fingerprint density at radius 1 is 1.10 bits per heavy atom. The van der Waals surface area contributed by atoms with Gasteiger partial charge in [0.1, 0.15) is 4.21 Å². The molecule has 0 saturated carbocycles. The molecule has 1 N–H and O–H groups in total. The Hall–Kier alpha value is -2.49. The number of piperidine rings is 1. The Bertz CT molecular complexity index is 1030. The van der Waals surface area contributed by atoms with E-state index in [1.165, 1.54) is 11.3 Å². The van der Waals surface area contributed by atoms with Crippen LogP contribution in [0.1, 0.15) is 24.4 Å². The van der Waals surface area contributed by atoms with Gasteiger partial charge in [0.25, 0.3) is 5.91 Å². The largest absolute Gasteiger partial charge is 0.340 e. The number of sulfonamides is 1. The molecule has 3 heterocycles. The number of likely N-dealkylation sites (tertiary alicyclic amines) is 1. The molecule has 1 amide bonds. The normalized spacial score (nSPS) is 16.6. The van der Waals surface area contributed by atoms with Crippen LogP contribution in [-0.4, -0.2) is 48.1 Å². The van der Waals surface area contributed by atoms with Crippen molar-refractivity contribution < 1.29 is 13.2 Å². The molecule has 1 aliphatic heterocycles. The number of rotatable bonds is 6. The summed E-state index contributed by atoms with van der Waals surface area (Å²) < 4.78 is 29.6. The highest BCUT2D eigenvalue weighted by Crippen LogP contribution is 2.24. The second kappa shape index (κ2) is 8.48. The van der Waals surface area contributed by atoms with Gasteiger partial charge < -0.3 is 4.90 Å². The molecule has 9 heteroatoms. The molecule has 3 aromatic rings. The first-order chi connectivity index (χ1) is 14.0. The molecule has 1 unspecified atom stereocenters. The summed E-state index contributed by atoms with van der Waals surface area (Å²) >= 11 is 1.20. The Morgan fingerprint density at radius 3 is 2.48 bits per heavy atom. The van der Waals surface area contributed by atoms with E-state index < -0.39 is 16.1 Å². The average Bonchev–Trinajstić information content (AvgIpc) is 3.44. The molecule has 29 heavy (non-hydrogen) atoms. The van der Waals surface area contributed by atoms with Gasteiger partial charge in [-0.2, -0.15) is 5.10 Å². The second-order valence-electron chi connectivity index (χ2n) is 6.95. The molecule has 1 fully saturated rings. The maximum atomic E-state index is 13.3. The number of benzene rings is 1. The molecule has 1 aromatic carbocycles. The van der Waals surface area contributed by atoms with Gasteiger partial charge in [0.2, 0.25) is 10.0 Å². The van der Waals surface area contributed by atoms with Crippen LogP contribution in [0, 0.1) is 0 Å². The van der Waals surface area contributed by atoms with Crippen molar-refractivity contribution in [2.24, 2.45) is 0 Å². The number of hydrogen-bond donors (Lipinski definition) is 1. The number of thiophene rings is 1. The third kappa shape index (κ3) is 4.42. The summed E-state index contributed by atoms with van der Waals surface area (Å²) in [5.74, 6) is -0.0283. The number of aromatic nitrogens is 2. The molecular weight excluding hydrogens is 408 g/mol. The number of carbonyl (C=O) groups is 1. The molecule has 152 valence electrons. The van der Waals surface area contributed by atoms with Crippen LogP contribution >= 0.6 is 11.3 Å². The van der Waals surface area contributed by atoms with E-state index in [2.05, 4.69) is 9.82 Å². The van der Waals surface area contributed by atoms with Gasteiger partial charge in [-0.15, -0.1) is 11.3 Å². The van der Waals surface area contributed by atoms with Gasteiger partial charge in [0.05, 0.1) is 0 Å². The van der Waals surface area contributed by atoms with E-state index in [9.17, 15) is 13.2 Å². The fourth-order valence-electron chi connectivity index (χ4n) is 3.56. The van der Waals surface area contributed by atoms with Crippen molar-refractivity contribution in [2.45, 2.75) is 29.1 Å². The molecule has 7 nitrogen and oxygen atoms in total. The molecule has 0 aliphatic carbocycles. The lowest BCUT2D eigenvalue weighted by Gasteiger charge is -2.34. The van der Waals surface area contributed by atoms with Gasteiger partial charge in [0.15, 0.2) is 6.04 Å². The molecule has 0 bridgehead atoms. The van der Waals surface area contributed by atoms with Gasteiger partial charge in [-0.25, -0.2) is 13.1 Å². The second-order valence-corrected chi connectivity index (χ2v) is 9.84. The van der Waals surface area contributed by atoms with Crippen LogP contribution in [0.4, 0.5) is 0 Å². The quantitative estimate of drug-likeness (QED) is 0.651. The molecule has 4 rings (SSSR count). The minimum atomic E-state index is -3.50. The van der Waals surface area contributed by atoms with Gasteiger partial charge in [-0.05, 0) is 35.9 Å². The van der Waals surface area contributed by atoms with Gasteiger partial charge >= 0.3 is 0 Å². The predicted octanol–water partition coefficient (Wildman–Crippen LogP) is 2.50. The lowest BCUT2D eigenvalue weighted by Crippen LogP contribution is -2.48. The fraction of sp³-hybridized carbons (Fsp3) is 0.300. The molecule has 0 spiro atoms. The van der Waals surface area contributed by atoms with E-state index in [1.807, 2.05) is 30.3 Å². The smallest absolute Gasteiger partial charge is 0.252 e. The van der Waals surface area contributed by atoms with E-state index in [0.29, 0.717) is 30.1 Å². The number of hydrogen-bond acceptors (Lipinski definition) is 5. The third-order valence-corrected chi connectivity index (χ3v) is 7.94. The Morgan fingerprint density at radius 2 is 1.86 bits per heavy atom. The summed E-state index contributed by atoms with van der Waals surface area (Å²) in [7, 11) is -3.50. The zero-order valence-corrected chi connectivity index (χ0v) is 17.3. The maximum absolute atomic E-state index is 13.3. The van der Waals surface area contributed by atoms with Gasteiger partial charge in [-0.1, -0.05) is 36.4 Å². The summed E-state index contributed by atoms with van der Waals surface area (Å²) in [4.78, 5) is 15.1. The zero-order chi connectivity index (χ0) is 20.3. The van der Waals surface area contributed by atoms with Crippen LogP contribution in [0.3, 0.4) is 0 Å². The number of amides is 1. The van der Waals surface area contributed by atoms with Crippen molar-refractivity contribution in [1.82, 2.24) is 19.4 Å². The monoisotopic (exact) mass is 430 g/mol. The highest BCUT2D eigenvalue weighted by Gasteiger charge is 2.32. The van der Waals surface area contributed by atoms with Crippen LogP contribution in [0.2, 0.25) is 0 Å². The van der Waals surface area contributed by atoms with Crippen LogP contribution in [0.25, 0.3) is 0 Å². The van der Waals surface area contributed by atoms with E-state index in [4.69, 9.17) is 0 Å². The van der Waals surface area contributed by atoms with E-state index >= 15 is 0 Å². The standard InChI is InChI=1S/C20H22N4O3S2/c25-20(19(24-12-5-11-21-24)16-6-2-1-3-7-16)23-13-9-17(10-14-23)22-29(26,27)18-8-4-15-28-18/h1-8,11-12,15,17,19,22H,9-10,13-14H2. The maximum Gasteiger partial charge on any atom is 0.252 e. The van der Waals surface area contributed by atoms with Gasteiger partial charge in [-0.3, -0.25) is 9.48 Å². The number of carbonyl (C=O) groups excluding carboxylic acids is 1. The van der Waals surface area contributed by atoms with Crippen molar-refractivity contribution >= 4 is 27.3 Å². The highest BCUT2D eigenvalue weighted by molar-refractivity contribution is 7.91. The summed E-state index contributed by atoms with van der Waals surface area (Å²) in [6.45, 7) is 1.00. The Labute approximate surface area is 174 Å². The highest BCUT2D eigenvalue weighted by atomic mass is 32.2. The van der Waals surface area contributed by atoms with Crippen LogP contribution in [0.5, 0.6) is 0 Å². The summed E-state index contributed by atoms with van der Waals surface area (Å²) in [5.41, 5.74) is 0.877. The molecule has 2 aromatic heterocycles. The fourth-order valence-corrected chi connectivity index (χ4v) is 5.88. The van der Waals surface area contributed by atoms with Crippen LogP contribution < -0.4 is 4.72 Å². The third-order valence-electron chi connectivity index (χ3n) is 5.03. The van der Waals surface area contributed by atoms with Crippen molar-refractivity contribution in [3.63, 3.8) is 0 Å². The lowest BCUT2D eigenvalue weighted by molar-refractivity contribution is -0.134. The van der Waals surface area contributed by atoms with Crippen molar-refractivity contribution in [3.05, 3.63) is 71.9 Å². The molecular formula is C20H22N4O3S2. The molecule has 0 radical (unpaired) electrons. The Kier molecular flexibility index (Phi) is 5.79. The lowest BCUT2D eigenvalue weighted by atomic mass is 10.0. The van der Waals surface area contributed by atoms with Crippen molar-refractivity contribution in [3.8, 4) is 0 Å². The SMILES string of the molecule is O=C(C(c1ccccc1)n1cccn1)N1CCC(NS(=O)(=O)c2cccs2)CC1. The average molecular weight is 431 g/mol. The summed E-state index contributed by atoms with van der Waals surface area (Å²) in [6.07, 6.45) is 4.61. The van der Waals surface area contributed by atoms with Crippen LogP contribution in [-0.2, 0) is 14.8 Å². The van der Waals surface area contributed by atoms with Crippen LogP contribution in [0.15, 0.2) is 70.5 Å². The first-order valence-electron chi connectivity index (χ1n) is 9.43. The molecule has 1 aliphatic rings. The predicted molar refractivity (Wildman–Crippen MR) is 111 cm³/mol. The summed E-state index contributed by atoms with van der Waals surface area (Å²) in [5, 5.41) is 6.02. The minimum Gasteiger partial charge on any atom is -0.340 e. The zero-order valence-electron chi connectivity index (χ0n) is 15.7. The molecule has 1 saturated heterocycles. The van der Waals surface area contributed by atoms with Gasteiger partial charge in [0, 0.05) is 31.5 Å². The first kappa shape index (κ1) is 19.8. The minimum absolute atomic E-state index is 0.0283. The van der Waals surface area contributed by atoms with E-state index in [-0.39, 0.29) is 11.9 Å². The number of nitrogens with zero attached hydrogens (tertiary/aromatic N) is 3. The first-order valence-corrected chi connectivity index (χ1v) is 11.8. The van der Waals surface area contributed by atoms with E-state index in [1.54, 1.807) is 45.6 Å². The summed E-state index contributed by atoms with van der Waals surface area (Å²) in [6, 6.07) is 14.0. The van der Waals surface area contributed by atoms with E-state index in [0.717, 1.165) is 5.56 Å². The number of nitrogens with one attached hydrogen (secondary N) is 1. The topological polar surface area (TPSA) is 84.3 Å².